The first kappa shape index (κ1) is 23.5. The number of likely N-dealkylation sites (tertiary alicyclic amines) is 1. The van der Waals surface area contributed by atoms with Crippen molar-refractivity contribution in [2.24, 2.45) is 11.3 Å². The van der Waals surface area contributed by atoms with Crippen LogP contribution in [0.1, 0.15) is 46.6 Å². The van der Waals surface area contributed by atoms with Crippen molar-refractivity contribution in [2.75, 3.05) is 20.2 Å². The molecule has 1 aliphatic heterocycles. The van der Waals surface area contributed by atoms with Crippen LogP contribution < -0.4 is 4.74 Å². The molecule has 4 aliphatic rings. The van der Waals surface area contributed by atoms with Crippen molar-refractivity contribution in [3.8, 4) is 5.75 Å². The number of carboxylic acid groups (broad SMARTS) is 1. The van der Waals surface area contributed by atoms with Gasteiger partial charge in [-0.25, -0.2) is 0 Å². The lowest BCUT2D eigenvalue weighted by Crippen LogP contribution is -2.60. The summed E-state index contributed by atoms with van der Waals surface area (Å²) in [5.41, 5.74) is 4.06. The van der Waals surface area contributed by atoms with Crippen LogP contribution in [0.3, 0.4) is 0 Å². The van der Waals surface area contributed by atoms with Crippen LogP contribution in [0.5, 0.6) is 5.75 Å². The normalized spacial score (nSPS) is 27.4. The number of benzene rings is 3. The van der Waals surface area contributed by atoms with E-state index in [9.17, 15) is 14.7 Å². The molecule has 1 saturated carbocycles. The Kier molecular flexibility index (Phi) is 5.30. The molecule has 1 N–H and O–H groups in total. The molecule has 2 fully saturated rings. The average molecular weight is 494 g/mol. The van der Waals surface area contributed by atoms with Gasteiger partial charge in [-0.1, -0.05) is 78.9 Å². The molecule has 1 saturated heterocycles. The number of carbonyl (C=O) groups excluding carboxylic acids is 1. The summed E-state index contributed by atoms with van der Waals surface area (Å²) in [5.74, 6) is -0.860. The molecule has 0 radical (unpaired) electrons. The number of nitrogens with zero attached hydrogens (tertiary/aromatic N) is 1. The van der Waals surface area contributed by atoms with Crippen LogP contribution in [0.2, 0.25) is 0 Å². The van der Waals surface area contributed by atoms with Gasteiger partial charge >= 0.3 is 5.97 Å². The SMILES string of the molecule is C=C(C(=O)N1C[C@@H]2[C@]3(c4ccc(C)cc4)CC[C@H](c4ccccc43)[C@]2(C(=O)O)C1)c1ccccc1OC. The Morgan fingerprint density at radius 2 is 1.73 bits per heavy atom. The molecular weight excluding hydrogens is 462 g/mol. The second kappa shape index (κ2) is 8.34. The molecule has 37 heavy (non-hydrogen) atoms. The number of ether oxygens (including phenoxy) is 1. The molecule has 3 aromatic carbocycles. The van der Waals surface area contributed by atoms with Gasteiger partial charge in [0, 0.05) is 41.5 Å². The maximum atomic E-state index is 13.9. The lowest BCUT2D eigenvalue weighted by atomic mass is 9.42. The second-order valence-corrected chi connectivity index (χ2v) is 10.8. The predicted octanol–water partition coefficient (Wildman–Crippen LogP) is 5.42. The number of para-hydroxylation sites is 1. The molecule has 1 heterocycles. The van der Waals surface area contributed by atoms with Crippen LogP contribution in [-0.4, -0.2) is 42.1 Å². The minimum Gasteiger partial charge on any atom is -0.496 e. The Morgan fingerprint density at radius 1 is 1.03 bits per heavy atom. The molecular formula is C32H31NO4. The smallest absolute Gasteiger partial charge is 0.312 e. The van der Waals surface area contributed by atoms with Crippen molar-refractivity contribution in [1.29, 1.82) is 0 Å². The lowest BCUT2D eigenvalue weighted by molar-refractivity contribution is -0.157. The topological polar surface area (TPSA) is 66.8 Å². The number of rotatable bonds is 5. The van der Waals surface area contributed by atoms with Gasteiger partial charge in [0.05, 0.1) is 12.5 Å². The summed E-state index contributed by atoms with van der Waals surface area (Å²) in [4.78, 5) is 28.9. The first-order chi connectivity index (χ1) is 17.8. The van der Waals surface area contributed by atoms with Crippen LogP contribution >= 0.6 is 0 Å². The minimum atomic E-state index is -1.06. The van der Waals surface area contributed by atoms with Crippen molar-refractivity contribution in [3.63, 3.8) is 0 Å². The number of hydrogen-bond donors (Lipinski definition) is 1. The molecule has 0 unspecified atom stereocenters. The van der Waals surface area contributed by atoms with Gasteiger partial charge < -0.3 is 14.7 Å². The van der Waals surface area contributed by atoms with E-state index in [1.165, 1.54) is 11.1 Å². The van der Waals surface area contributed by atoms with Gasteiger partial charge in [0.2, 0.25) is 0 Å². The quantitative estimate of drug-likeness (QED) is 0.482. The molecule has 4 atom stereocenters. The fourth-order valence-electron chi connectivity index (χ4n) is 7.66. The van der Waals surface area contributed by atoms with Crippen LogP contribution in [-0.2, 0) is 15.0 Å². The summed E-state index contributed by atoms with van der Waals surface area (Å²) in [6, 6.07) is 24.2. The molecule has 0 aromatic heterocycles. The van der Waals surface area contributed by atoms with E-state index < -0.39 is 16.8 Å². The third-order valence-corrected chi connectivity index (χ3v) is 9.28. The van der Waals surface area contributed by atoms with Crippen molar-refractivity contribution >= 4 is 17.4 Å². The molecule has 0 spiro atoms. The number of amides is 1. The van der Waals surface area contributed by atoms with Gasteiger partial charge in [0.1, 0.15) is 5.75 Å². The van der Waals surface area contributed by atoms with Crippen LogP contribution in [0.25, 0.3) is 5.57 Å². The largest absolute Gasteiger partial charge is 0.496 e. The van der Waals surface area contributed by atoms with E-state index in [4.69, 9.17) is 4.74 Å². The Labute approximate surface area is 217 Å². The van der Waals surface area contributed by atoms with E-state index in [0.29, 0.717) is 23.4 Å². The molecule has 7 rings (SSSR count). The van der Waals surface area contributed by atoms with Gasteiger partial charge in [-0.15, -0.1) is 0 Å². The highest BCUT2D eigenvalue weighted by atomic mass is 16.5. The minimum absolute atomic E-state index is 0.143. The van der Waals surface area contributed by atoms with E-state index in [2.05, 4.69) is 56.0 Å². The maximum Gasteiger partial charge on any atom is 0.312 e. The molecule has 3 aromatic rings. The number of aliphatic carboxylic acids is 1. The van der Waals surface area contributed by atoms with E-state index in [-0.39, 0.29) is 24.3 Å². The van der Waals surface area contributed by atoms with E-state index in [1.54, 1.807) is 18.1 Å². The Morgan fingerprint density at radius 3 is 2.46 bits per heavy atom. The van der Waals surface area contributed by atoms with Gasteiger partial charge in [-0.05, 0) is 42.5 Å². The number of fused-ring (bicyclic) bond motifs is 1. The monoisotopic (exact) mass is 493 g/mol. The Hall–Kier alpha value is -3.86. The van der Waals surface area contributed by atoms with Crippen LogP contribution in [0.4, 0.5) is 0 Å². The summed E-state index contributed by atoms with van der Waals surface area (Å²) >= 11 is 0. The van der Waals surface area contributed by atoms with Gasteiger partial charge in [0.15, 0.2) is 0 Å². The van der Waals surface area contributed by atoms with Crippen molar-refractivity contribution in [1.82, 2.24) is 4.90 Å². The average Bonchev–Trinajstić information content (AvgIpc) is 3.37. The van der Waals surface area contributed by atoms with Crippen LogP contribution in [0, 0.1) is 18.3 Å². The van der Waals surface area contributed by atoms with Gasteiger partial charge in [0.25, 0.3) is 5.91 Å². The zero-order valence-electron chi connectivity index (χ0n) is 21.2. The van der Waals surface area contributed by atoms with E-state index >= 15 is 0 Å². The van der Waals surface area contributed by atoms with E-state index in [0.717, 1.165) is 24.0 Å². The fraction of sp³-hybridized carbons (Fsp3) is 0.312. The Bertz CT molecular complexity index is 1430. The molecule has 1 amide bonds. The number of carbonyl (C=O) groups is 2. The fourth-order valence-corrected chi connectivity index (χ4v) is 7.66. The molecule has 5 nitrogen and oxygen atoms in total. The molecule has 5 heteroatoms. The summed E-state index contributed by atoms with van der Waals surface area (Å²) in [5, 5.41) is 10.9. The predicted molar refractivity (Wildman–Crippen MR) is 143 cm³/mol. The highest BCUT2D eigenvalue weighted by Crippen LogP contribution is 2.69. The standard InChI is InChI=1S/C32H31NO4/c1-20-12-14-22(15-13-20)31-17-16-26(24-9-4-6-10-25(24)31)32(30(35)36)19-33(18-28(31)32)29(34)21(2)23-8-5-7-11-27(23)37-3/h4-15,26,28H,2,16-19H2,1,3H3,(H,35,36)/t26-,28-,31+,32-/m1/s1. The lowest BCUT2D eigenvalue weighted by Gasteiger charge is -2.59. The summed E-state index contributed by atoms with van der Waals surface area (Å²) < 4.78 is 5.48. The van der Waals surface area contributed by atoms with E-state index in [1.807, 2.05) is 24.3 Å². The van der Waals surface area contributed by atoms with Crippen molar-refractivity contribution < 1.29 is 19.4 Å². The highest BCUT2D eigenvalue weighted by molar-refractivity contribution is 6.19. The number of carboxylic acids is 1. The van der Waals surface area contributed by atoms with Crippen LogP contribution in [0.15, 0.2) is 79.4 Å². The zero-order valence-corrected chi connectivity index (χ0v) is 21.2. The summed E-state index contributed by atoms with van der Waals surface area (Å²) in [7, 11) is 1.57. The maximum absolute atomic E-state index is 13.9. The first-order valence-corrected chi connectivity index (χ1v) is 12.9. The number of aryl methyl sites for hydroxylation is 1. The molecule has 2 bridgehead atoms. The highest BCUT2D eigenvalue weighted by Gasteiger charge is 2.70. The number of hydrogen-bond acceptors (Lipinski definition) is 3. The number of methoxy groups -OCH3 is 1. The summed E-state index contributed by atoms with van der Waals surface area (Å²) in [6.45, 7) is 6.73. The molecule has 3 aliphatic carbocycles. The van der Waals surface area contributed by atoms with Gasteiger partial charge in [-0.2, -0.15) is 0 Å². The van der Waals surface area contributed by atoms with Crippen molar-refractivity contribution in [2.45, 2.75) is 31.1 Å². The zero-order chi connectivity index (χ0) is 25.9. The third kappa shape index (κ3) is 3.09. The first-order valence-electron chi connectivity index (χ1n) is 12.9. The second-order valence-electron chi connectivity index (χ2n) is 10.8. The Balaban J connectivity index is 1.49. The molecule has 188 valence electrons. The third-order valence-electron chi connectivity index (χ3n) is 9.28. The van der Waals surface area contributed by atoms with Gasteiger partial charge in [-0.3, -0.25) is 9.59 Å². The summed E-state index contributed by atoms with van der Waals surface area (Å²) in [6.07, 6.45) is 1.65. The van der Waals surface area contributed by atoms with Crippen molar-refractivity contribution in [3.05, 3.63) is 107 Å².